The Hall–Kier alpha value is -1.31. The highest BCUT2D eigenvalue weighted by Gasteiger charge is 2.22. The third-order valence-corrected chi connectivity index (χ3v) is 4.29. The maximum Gasteiger partial charge on any atom is 0.0388 e. The number of hydrogen-bond donors (Lipinski definition) is 0. The lowest BCUT2D eigenvalue weighted by molar-refractivity contribution is 0.162. The second kappa shape index (κ2) is 8.21. The molecule has 1 fully saturated rings. The molecule has 1 atom stereocenters. The molecular weight excluding hydrogens is 278 g/mol. The molecule has 0 amide bonds. The molecule has 112 valence electrons. The predicted octanol–water partition coefficient (Wildman–Crippen LogP) is 4.88. The van der Waals surface area contributed by atoms with E-state index in [1.807, 2.05) is 0 Å². The van der Waals surface area contributed by atoms with E-state index in [2.05, 4.69) is 65.6 Å². The number of nitrogens with zero attached hydrogens (tertiary/aromatic N) is 1. The second-order valence-corrected chi connectivity index (χ2v) is 5.71. The Balaban J connectivity index is 0.00000161. The smallest absolute Gasteiger partial charge is 0.0388 e. The van der Waals surface area contributed by atoms with Crippen LogP contribution in [0.1, 0.15) is 36.4 Å². The summed E-state index contributed by atoms with van der Waals surface area (Å²) in [6.07, 6.45) is 5.20. The van der Waals surface area contributed by atoms with Crippen LogP contribution < -0.4 is 0 Å². The molecule has 3 rings (SSSR count). The predicted molar refractivity (Wildman–Crippen MR) is 92.0 cm³/mol. The van der Waals surface area contributed by atoms with Crippen LogP contribution in [0, 0.1) is 0 Å². The highest BCUT2D eigenvalue weighted by molar-refractivity contribution is 5.85. The van der Waals surface area contributed by atoms with Gasteiger partial charge in [-0.3, -0.25) is 4.90 Å². The van der Waals surface area contributed by atoms with Crippen molar-refractivity contribution in [1.29, 1.82) is 0 Å². The van der Waals surface area contributed by atoms with Crippen molar-refractivity contribution >= 4 is 12.4 Å². The van der Waals surface area contributed by atoms with Crippen molar-refractivity contribution in [2.45, 2.75) is 31.7 Å². The molecule has 1 unspecified atom stereocenters. The SMILES string of the molecule is Cl.c1ccc(CC(c2ccccc2)N2CCCCC2)cc1. The number of likely N-dealkylation sites (tertiary alicyclic amines) is 1. The quantitative estimate of drug-likeness (QED) is 0.778. The topological polar surface area (TPSA) is 3.24 Å². The fourth-order valence-electron chi connectivity index (χ4n) is 3.20. The highest BCUT2D eigenvalue weighted by atomic mass is 35.5. The summed E-state index contributed by atoms with van der Waals surface area (Å²) in [5.74, 6) is 0. The maximum absolute atomic E-state index is 2.67. The molecule has 0 bridgehead atoms. The Morgan fingerprint density at radius 1 is 0.762 bits per heavy atom. The first-order valence-corrected chi connectivity index (χ1v) is 7.76. The van der Waals surface area contributed by atoms with Crippen LogP contribution in [0.15, 0.2) is 60.7 Å². The minimum atomic E-state index is 0. The van der Waals surface area contributed by atoms with Gasteiger partial charge in [0.15, 0.2) is 0 Å². The van der Waals surface area contributed by atoms with Crippen LogP contribution in [0.4, 0.5) is 0 Å². The first-order valence-electron chi connectivity index (χ1n) is 7.76. The molecule has 1 heterocycles. The van der Waals surface area contributed by atoms with Crippen LogP contribution in [-0.4, -0.2) is 18.0 Å². The van der Waals surface area contributed by atoms with Crippen molar-refractivity contribution in [3.8, 4) is 0 Å². The number of benzene rings is 2. The van der Waals surface area contributed by atoms with Crippen molar-refractivity contribution in [3.63, 3.8) is 0 Å². The van der Waals surface area contributed by atoms with Gasteiger partial charge in [0, 0.05) is 6.04 Å². The second-order valence-electron chi connectivity index (χ2n) is 5.71. The third-order valence-electron chi connectivity index (χ3n) is 4.29. The molecule has 2 heteroatoms. The van der Waals surface area contributed by atoms with Crippen molar-refractivity contribution in [1.82, 2.24) is 4.90 Å². The molecular formula is C19H24ClN. The van der Waals surface area contributed by atoms with E-state index >= 15 is 0 Å². The zero-order valence-electron chi connectivity index (χ0n) is 12.4. The summed E-state index contributed by atoms with van der Waals surface area (Å²) >= 11 is 0. The molecule has 1 aliphatic rings. The van der Waals surface area contributed by atoms with Gasteiger partial charge in [0.05, 0.1) is 0 Å². The Morgan fingerprint density at radius 3 is 1.95 bits per heavy atom. The van der Waals surface area contributed by atoms with Crippen LogP contribution in [0.25, 0.3) is 0 Å². The number of piperidine rings is 1. The van der Waals surface area contributed by atoms with Gasteiger partial charge in [-0.05, 0) is 43.5 Å². The van der Waals surface area contributed by atoms with E-state index in [1.165, 1.54) is 43.5 Å². The molecule has 0 aromatic heterocycles. The molecule has 0 radical (unpaired) electrons. The van der Waals surface area contributed by atoms with E-state index in [0.717, 1.165) is 6.42 Å². The summed E-state index contributed by atoms with van der Waals surface area (Å²) in [5, 5.41) is 0. The fraction of sp³-hybridized carbons (Fsp3) is 0.368. The average molecular weight is 302 g/mol. The van der Waals surface area contributed by atoms with E-state index in [4.69, 9.17) is 0 Å². The van der Waals surface area contributed by atoms with Crippen molar-refractivity contribution in [2.24, 2.45) is 0 Å². The summed E-state index contributed by atoms with van der Waals surface area (Å²) in [4.78, 5) is 2.67. The van der Waals surface area contributed by atoms with Crippen LogP contribution >= 0.6 is 12.4 Å². The Kier molecular flexibility index (Phi) is 6.28. The largest absolute Gasteiger partial charge is 0.296 e. The van der Waals surface area contributed by atoms with Gasteiger partial charge in [0.25, 0.3) is 0 Å². The fourth-order valence-corrected chi connectivity index (χ4v) is 3.20. The number of hydrogen-bond acceptors (Lipinski definition) is 1. The van der Waals surface area contributed by atoms with Gasteiger partial charge in [0.1, 0.15) is 0 Å². The van der Waals surface area contributed by atoms with Gasteiger partial charge in [-0.1, -0.05) is 67.1 Å². The molecule has 1 saturated heterocycles. The zero-order valence-corrected chi connectivity index (χ0v) is 13.3. The molecule has 0 saturated carbocycles. The first-order chi connectivity index (χ1) is 9.93. The Morgan fingerprint density at radius 2 is 1.33 bits per heavy atom. The summed E-state index contributed by atoms with van der Waals surface area (Å²) in [6, 6.07) is 22.4. The van der Waals surface area contributed by atoms with Crippen molar-refractivity contribution in [2.75, 3.05) is 13.1 Å². The van der Waals surface area contributed by atoms with Gasteiger partial charge >= 0.3 is 0 Å². The van der Waals surface area contributed by atoms with Crippen LogP contribution in [0.3, 0.4) is 0 Å². The number of rotatable bonds is 4. The third kappa shape index (κ3) is 4.33. The van der Waals surface area contributed by atoms with Gasteiger partial charge in [-0.2, -0.15) is 0 Å². The summed E-state index contributed by atoms with van der Waals surface area (Å²) < 4.78 is 0. The van der Waals surface area contributed by atoms with Crippen molar-refractivity contribution in [3.05, 3.63) is 71.8 Å². The average Bonchev–Trinajstić information content (AvgIpc) is 2.55. The van der Waals surface area contributed by atoms with Gasteiger partial charge < -0.3 is 0 Å². The van der Waals surface area contributed by atoms with Crippen LogP contribution in [-0.2, 0) is 6.42 Å². The lowest BCUT2D eigenvalue weighted by Crippen LogP contribution is -2.34. The van der Waals surface area contributed by atoms with Gasteiger partial charge in [0.2, 0.25) is 0 Å². The molecule has 2 aromatic carbocycles. The minimum absolute atomic E-state index is 0. The van der Waals surface area contributed by atoms with Crippen molar-refractivity contribution < 1.29 is 0 Å². The molecule has 21 heavy (non-hydrogen) atoms. The Labute approximate surface area is 134 Å². The van der Waals surface area contributed by atoms with E-state index in [1.54, 1.807) is 0 Å². The lowest BCUT2D eigenvalue weighted by Gasteiger charge is -2.35. The van der Waals surface area contributed by atoms with E-state index < -0.39 is 0 Å². The lowest BCUT2D eigenvalue weighted by atomic mass is 9.95. The van der Waals surface area contributed by atoms with E-state index in [0.29, 0.717) is 6.04 Å². The number of halogens is 1. The zero-order chi connectivity index (χ0) is 13.6. The normalized spacial score (nSPS) is 17.0. The summed E-state index contributed by atoms with van der Waals surface area (Å²) in [5.41, 5.74) is 2.89. The standard InChI is InChI=1S/C19H23N.ClH/c1-4-10-17(11-5-1)16-19(18-12-6-2-7-13-18)20-14-8-3-9-15-20;/h1-2,4-7,10-13,19H,3,8-9,14-16H2;1H. The Bertz CT molecular complexity index is 506. The van der Waals surface area contributed by atoms with Gasteiger partial charge in [-0.25, -0.2) is 0 Å². The first kappa shape index (κ1) is 16.1. The maximum atomic E-state index is 2.67. The van der Waals surface area contributed by atoms with E-state index in [9.17, 15) is 0 Å². The van der Waals surface area contributed by atoms with Crippen LogP contribution in [0.5, 0.6) is 0 Å². The molecule has 0 aliphatic carbocycles. The molecule has 2 aromatic rings. The summed E-state index contributed by atoms with van der Waals surface area (Å²) in [6.45, 7) is 2.48. The molecule has 0 spiro atoms. The monoisotopic (exact) mass is 301 g/mol. The minimum Gasteiger partial charge on any atom is -0.296 e. The van der Waals surface area contributed by atoms with Gasteiger partial charge in [-0.15, -0.1) is 12.4 Å². The molecule has 1 aliphatic heterocycles. The van der Waals surface area contributed by atoms with E-state index in [-0.39, 0.29) is 12.4 Å². The molecule has 0 N–H and O–H groups in total. The molecule has 1 nitrogen and oxygen atoms in total. The highest BCUT2D eigenvalue weighted by Crippen LogP contribution is 2.27. The van der Waals surface area contributed by atoms with Crippen LogP contribution in [0.2, 0.25) is 0 Å². The summed E-state index contributed by atoms with van der Waals surface area (Å²) in [7, 11) is 0.